The molecule has 5 nitrogen and oxygen atoms in total. The fourth-order valence-electron chi connectivity index (χ4n) is 3.32. The molecule has 3 rings (SSSR count). The molecule has 1 aliphatic rings. The van der Waals surface area contributed by atoms with Crippen LogP contribution in [0.2, 0.25) is 0 Å². The van der Waals surface area contributed by atoms with E-state index in [2.05, 4.69) is 30.7 Å². The molecule has 114 valence electrons. The minimum Gasteiger partial charge on any atom is -0.383 e. The van der Waals surface area contributed by atoms with E-state index in [9.17, 15) is 0 Å². The Hall–Kier alpha value is -1.65. The van der Waals surface area contributed by atoms with Gasteiger partial charge in [-0.15, -0.1) is 0 Å². The van der Waals surface area contributed by atoms with Gasteiger partial charge in [-0.05, 0) is 33.1 Å². The van der Waals surface area contributed by atoms with Gasteiger partial charge in [0, 0.05) is 0 Å². The zero-order valence-electron chi connectivity index (χ0n) is 13.3. The van der Waals surface area contributed by atoms with E-state index in [4.69, 9.17) is 10.8 Å². The predicted molar refractivity (Wildman–Crippen MR) is 85.0 cm³/mol. The first-order valence-electron chi connectivity index (χ1n) is 7.95. The van der Waals surface area contributed by atoms with E-state index >= 15 is 0 Å². The zero-order valence-corrected chi connectivity index (χ0v) is 13.3. The lowest BCUT2D eigenvalue weighted by atomic mass is 9.86. The minimum atomic E-state index is -0.107. The molecule has 0 radical (unpaired) electrons. The summed E-state index contributed by atoms with van der Waals surface area (Å²) in [5.74, 6) is 1.28. The number of fused-ring (bicyclic) bond motifs is 1. The highest BCUT2D eigenvalue weighted by Gasteiger charge is 2.25. The smallest absolute Gasteiger partial charge is 0.164 e. The van der Waals surface area contributed by atoms with Crippen LogP contribution in [0.3, 0.4) is 0 Å². The van der Waals surface area contributed by atoms with Crippen molar-refractivity contribution in [3.8, 4) is 0 Å². The van der Waals surface area contributed by atoms with Crippen LogP contribution in [-0.2, 0) is 12.0 Å². The third-order valence-electron chi connectivity index (χ3n) is 4.41. The molecule has 0 amide bonds. The molecule has 5 heteroatoms. The van der Waals surface area contributed by atoms with Crippen LogP contribution < -0.4 is 5.73 Å². The third kappa shape index (κ3) is 2.74. The molecular formula is C16H25N5. The number of hydrogen-bond donors (Lipinski definition) is 1. The van der Waals surface area contributed by atoms with Crippen molar-refractivity contribution in [3.63, 3.8) is 0 Å². The minimum absolute atomic E-state index is 0.107. The molecule has 2 aromatic rings. The molecule has 21 heavy (non-hydrogen) atoms. The van der Waals surface area contributed by atoms with Crippen molar-refractivity contribution in [1.29, 1.82) is 0 Å². The summed E-state index contributed by atoms with van der Waals surface area (Å²) in [5, 5.41) is 5.81. The van der Waals surface area contributed by atoms with E-state index in [0.29, 0.717) is 5.82 Å². The number of aromatic nitrogens is 4. The molecule has 1 saturated carbocycles. The summed E-state index contributed by atoms with van der Waals surface area (Å²) in [4.78, 5) is 8.60. The Kier molecular flexibility index (Phi) is 3.59. The standard InChI is InChI=1S/C16H25N5/c1-16(2,3)21-15-13(14(17)18-10-19-15)12(20-21)9-11-7-5-4-6-8-11/h10-11H,4-9H2,1-3H3,(H2,17,18,19). The topological polar surface area (TPSA) is 69.6 Å². The number of nitrogens with zero attached hydrogens (tertiary/aromatic N) is 4. The summed E-state index contributed by atoms with van der Waals surface area (Å²) in [6.45, 7) is 6.42. The molecule has 0 atom stereocenters. The van der Waals surface area contributed by atoms with E-state index in [0.717, 1.165) is 29.1 Å². The van der Waals surface area contributed by atoms with Gasteiger partial charge in [-0.3, -0.25) is 0 Å². The molecule has 0 bridgehead atoms. The number of nitrogens with two attached hydrogens (primary N) is 1. The summed E-state index contributed by atoms with van der Waals surface area (Å²) in [6.07, 6.45) is 9.19. The quantitative estimate of drug-likeness (QED) is 0.920. The zero-order chi connectivity index (χ0) is 15.0. The van der Waals surface area contributed by atoms with Gasteiger partial charge in [0.25, 0.3) is 0 Å². The van der Waals surface area contributed by atoms with Crippen LogP contribution in [0.1, 0.15) is 58.6 Å². The van der Waals surface area contributed by atoms with Crippen molar-refractivity contribution >= 4 is 16.9 Å². The van der Waals surface area contributed by atoms with Crippen LogP contribution in [0.25, 0.3) is 11.0 Å². The van der Waals surface area contributed by atoms with Crippen LogP contribution >= 0.6 is 0 Å². The van der Waals surface area contributed by atoms with Gasteiger partial charge in [0.2, 0.25) is 0 Å². The number of rotatable bonds is 2. The summed E-state index contributed by atoms with van der Waals surface area (Å²) in [5.41, 5.74) is 7.94. The Morgan fingerprint density at radius 2 is 1.90 bits per heavy atom. The average Bonchev–Trinajstić information content (AvgIpc) is 2.80. The lowest BCUT2D eigenvalue weighted by molar-refractivity contribution is 0.341. The Morgan fingerprint density at radius 1 is 1.19 bits per heavy atom. The molecule has 2 N–H and O–H groups in total. The van der Waals surface area contributed by atoms with Crippen molar-refractivity contribution in [2.75, 3.05) is 5.73 Å². The van der Waals surface area contributed by atoms with E-state index in [1.54, 1.807) is 0 Å². The summed E-state index contributed by atoms with van der Waals surface area (Å²) in [6, 6.07) is 0. The van der Waals surface area contributed by atoms with E-state index < -0.39 is 0 Å². The maximum absolute atomic E-state index is 6.11. The maximum atomic E-state index is 6.11. The first-order chi connectivity index (χ1) is 9.97. The summed E-state index contributed by atoms with van der Waals surface area (Å²) < 4.78 is 2.00. The molecule has 2 heterocycles. The number of nitrogen functional groups attached to an aromatic ring is 1. The molecule has 0 unspecified atom stereocenters. The fourth-order valence-corrected chi connectivity index (χ4v) is 3.32. The van der Waals surface area contributed by atoms with Gasteiger partial charge >= 0.3 is 0 Å². The highest BCUT2D eigenvalue weighted by molar-refractivity contribution is 5.88. The van der Waals surface area contributed by atoms with Gasteiger partial charge in [0.05, 0.1) is 16.6 Å². The van der Waals surface area contributed by atoms with E-state index in [1.165, 1.54) is 38.4 Å². The van der Waals surface area contributed by atoms with Crippen molar-refractivity contribution in [1.82, 2.24) is 19.7 Å². The van der Waals surface area contributed by atoms with E-state index in [1.807, 2.05) is 4.68 Å². The van der Waals surface area contributed by atoms with Crippen molar-refractivity contribution in [2.45, 2.75) is 64.8 Å². The first-order valence-corrected chi connectivity index (χ1v) is 7.95. The van der Waals surface area contributed by atoms with Crippen LogP contribution in [0, 0.1) is 5.92 Å². The summed E-state index contributed by atoms with van der Waals surface area (Å²) >= 11 is 0. The molecule has 1 aliphatic carbocycles. The maximum Gasteiger partial charge on any atom is 0.164 e. The van der Waals surface area contributed by atoms with Crippen molar-refractivity contribution in [2.24, 2.45) is 5.92 Å². The van der Waals surface area contributed by atoms with Crippen LogP contribution in [-0.4, -0.2) is 19.7 Å². The Bertz CT molecular complexity index is 632. The lowest BCUT2D eigenvalue weighted by Crippen LogP contribution is -2.23. The molecular weight excluding hydrogens is 262 g/mol. The molecule has 0 aliphatic heterocycles. The van der Waals surface area contributed by atoms with E-state index in [-0.39, 0.29) is 5.54 Å². The second kappa shape index (κ2) is 5.28. The van der Waals surface area contributed by atoms with Gasteiger partial charge in [-0.2, -0.15) is 5.10 Å². The fraction of sp³-hybridized carbons (Fsp3) is 0.688. The monoisotopic (exact) mass is 287 g/mol. The largest absolute Gasteiger partial charge is 0.383 e. The van der Waals surface area contributed by atoms with Crippen LogP contribution in [0.5, 0.6) is 0 Å². The summed E-state index contributed by atoms with van der Waals surface area (Å²) in [7, 11) is 0. The Morgan fingerprint density at radius 3 is 2.57 bits per heavy atom. The second-order valence-electron chi connectivity index (χ2n) is 7.19. The highest BCUT2D eigenvalue weighted by Crippen LogP contribution is 2.31. The predicted octanol–water partition coefficient (Wildman–Crippen LogP) is 3.29. The molecule has 0 spiro atoms. The molecule has 2 aromatic heterocycles. The van der Waals surface area contributed by atoms with Crippen LogP contribution in [0.4, 0.5) is 5.82 Å². The lowest BCUT2D eigenvalue weighted by Gasteiger charge is -2.21. The molecule has 0 aromatic carbocycles. The normalized spacial score (nSPS) is 17.5. The van der Waals surface area contributed by atoms with Gasteiger partial charge in [-0.1, -0.05) is 32.1 Å². The third-order valence-corrected chi connectivity index (χ3v) is 4.41. The second-order valence-corrected chi connectivity index (χ2v) is 7.19. The highest BCUT2D eigenvalue weighted by atomic mass is 15.3. The molecule has 0 saturated heterocycles. The van der Waals surface area contributed by atoms with Crippen LogP contribution in [0.15, 0.2) is 6.33 Å². The number of anilines is 1. The first kappa shape index (κ1) is 14.3. The van der Waals surface area contributed by atoms with Gasteiger partial charge in [0.15, 0.2) is 5.65 Å². The van der Waals surface area contributed by atoms with Crippen molar-refractivity contribution in [3.05, 3.63) is 12.0 Å². The van der Waals surface area contributed by atoms with Gasteiger partial charge in [-0.25, -0.2) is 14.6 Å². The van der Waals surface area contributed by atoms with Gasteiger partial charge < -0.3 is 5.73 Å². The SMILES string of the molecule is CC(C)(C)n1nc(CC2CCCCC2)c2c(N)ncnc21. The average molecular weight is 287 g/mol. The number of hydrogen-bond acceptors (Lipinski definition) is 4. The molecule has 1 fully saturated rings. The Labute approximate surface area is 126 Å². The van der Waals surface area contributed by atoms with Crippen molar-refractivity contribution < 1.29 is 0 Å². The Balaban J connectivity index is 2.05. The van der Waals surface area contributed by atoms with Gasteiger partial charge in [0.1, 0.15) is 12.1 Å².